The summed E-state index contributed by atoms with van der Waals surface area (Å²) < 4.78 is 19.5. The molecule has 156 valence electrons. The zero-order chi connectivity index (χ0) is 21.4. The number of methoxy groups -OCH3 is 1. The molecule has 0 unspecified atom stereocenters. The van der Waals surface area contributed by atoms with E-state index in [4.69, 9.17) is 18.9 Å². The Balaban J connectivity index is 2.03. The minimum absolute atomic E-state index is 0.0208. The summed E-state index contributed by atoms with van der Waals surface area (Å²) in [5, 5.41) is 2.70. The Kier molecular flexibility index (Phi) is 7.15. The van der Waals surface area contributed by atoms with Gasteiger partial charge < -0.3 is 24.3 Å². The molecule has 1 heterocycles. The zero-order valence-corrected chi connectivity index (χ0v) is 16.1. The van der Waals surface area contributed by atoms with E-state index in [1.54, 1.807) is 12.1 Å². The number of hydrogen-bond acceptors (Lipinski definition) is 9. The van der Waals surface area contributed by atoms with Gasteiger partial charge in [0, 0.05) is 27.2 Å². The molecule has 0 bridgehead atoms. The first-order chi connectivity index (χ1) is 13.7. The summed E-state index contributed by atoms with van der Waals surface area (Å²) in [7, 11) is 1.45. The van der Waals surface area contributed by atoms with Crippen LogP contribution in [-0.2, 0) is 28.5 Å². The second-order valence-electron chi connectivity index (χ2n) is 6.13. The second-order valence-corrected chi connectivity index (χ2v) is 6.13. The molecule has 0 atom stereocenters. The quantitative estimate of drug-likeness (QED) is 0.206. The van der Waals surface area contributed by atoms with Gasteiger partial charge in [0.05, 0.1) is 17.9 Å². The number of carbonyl (C=O) groups excluding carboxylic acids is 4. The fourth-order valence-electron chi connectivity index (χ4n) is 2.16. The standard InChI is InChI=1S/C18H21N3O8/c1-18(2)28-15(23)12(16(24)29-18)10-19-13-7-5-4-6-11(13)14(22)20-21-17(25)27-9-8-26-3/h4-7,10,19H,8-9H2,1-3H3,(H,20,22)(H,21,25). The average molecular weight is 407 g/mol. The molecule has 0 saturated carbocycles. The predicted molar refractivity (Wildman–Crippen MR) is 98.2 cm³/mol. The molecule has 1 saturated heterocycles. The molecule has 0 aromatic heterocycles. The third-order valence-corrected chi connectivity index (χ3v) is 3.46. The van der Waals surface area contributed by atoms with Gasteiger partial charge in [0.15, 0.2) is 5.57 Å². The predicted octanol–water partition coefficient (Wildman–Crippen LogP) is 0.836. The fourth-order valence-corrected chi connectivity index (χ4v) is 2.16. The van der Waals surface area contributed by atoms with Crippen LogP contribution in [0.1, 0.15) is 24.2 Å². The third-order valence-electron chi connectivity index (χ3n) is 3.46. The van der Waals surface area contributed by atoms with E-state index in [0.29, 0.717) is 0 Å². The number of esters is 2. The molecule has 1 aliphatic rings. The van der Waals surface area contributed by atoms with Crippen LogP contribution < -0.4 is 16.2 Å². The summed E-state index contributed by atoms with van der Waals surface area (Å²) in [6.45, 7) is 3.09. The molecular formula is C18H21N3O8. The molecule has 2 rings (SSSR count). The summed E-state index contributed by atoms with van der Waals surface area (Å²) in [5.74, 6) is -3.74. The number of hydrogen-bond donors (Lipinski definition) is 3. The number of anilines is 1. The Morgan fingerprint density at radius 3 is 2.38 bits per heavy atom. The van der Waals surface area contributed by atoms with Crippen LogP contribution in [0.25, 0.3) is 0 Å². The van der Waals surface area contributed by atoms with Crippen molar-refractivity contribution >= 4 is 29.6 Å². The van der Waals surface area contributed by atoms with Crippen molar-refractivity contribution in [2.24, 2.45) is 0 Å². The van der Waals surface area contributed by atoms with Crippen molar-refractivity contribution in [1.29, 1.82) is 0 Å². The first kappa shape index (κ1) is 21.7. The minimum Gasteiger partial charge on any atom is -0.446 e. The van der Waals surface area contributed by atoms with E-state index in [0.717, 1.165) is 6.20 Å². The number of carbonyl (C=O) groups is 4. The molecule has 2 amide bonds. The van der Waals surface area contributed by atoms with Gasteiger partial charge in [-0.2, -0.15) is 0 Å². The molecule has 3 N–H and O–H groups in total. The zero-order valence-electron chi connectivity index (χ0n) is 16.1. The number of rotatable bonds is 6. The van der Waals surface area contributed by atoms with Crippen LogP contribution in [0.2, 0.25) is 0 Å². The summed E-state index contributed by atoms with van der Waals surface area (Å²) >= 11 is 0. The SMILES string of the molecule is COCCOC(=O)NNC(=O)c1ccccc1NC=C1C(=O)OC(C)(C)OC1=O. The van der Waals surface area contributed by atoms with Gasteiger partial charge in [0.2, 0.25) is 0 Å². The van der Waals surface area contributed by atoms with Crippen LogP contribution in [0.4, 0.5) is 10.5 Å². The van der Waals surface area contributed by atoms with E-state index in [1.165, 1.54) is 33.1 Å². The van der Waals surface area contributed by atoms with Crippen molar-refractivity contribution in [1.82, 2.24) is 10.9 Å². The summed E-state index contributed by atoms with van der Waals surface area (Å²) in [5.41, 5.74) is 4.30. The van der Waals surface area contributed by atoms with Crippen LogP contribution in [0.5, 0.6) is 0 Å². The lowest BCUT2D eigenvalue weighted by Gasteiger charge is -2.29. The molecule has 1 aliphatic heterocycles. The number of para-hydroxylation sites is 1. The highest BCUT2D eigenvalue weighted by Gasteiger charge is 2.39. The minimum atomic E-state index is -1.35. The molecule has 11 nitrogen and oxygen atoms in total. The number of ether oxygens (including phenoxy) is 4. The molecular weight excluding hydrogens is 386 g/mol. The lowest BCUT2D eigenvalue weighted by atomic mass is 10.1. The largest absolute Gasteiger partial charge is 0.446 e. The van der Waals surface area contributed by atoms with Gasteiger partial charge in [-0.15, -0.1) is 0 Å². The molecule has 11 heteroatoms. The van der Waals surface area contributed by atoms with E-state index in [2.05, 4.69) is 16.2 Å². The van der Waals surface area contributed by atoms with Gasteiger partial charge in [-0.25, -0.2) is 19.8 Å². The fraction of sp³-hybridized carbons (Fsp3) is 0.333. The number of nitrogens with one attached hydrogen (secondary N) is 3. The highest BCUT2D eigenvalue weighted by atomic mass is 16.7. The van der Waals surface area contributed by atoms with Gasteiger partial charge in [0.1, 0.15) is 6.61 Å². The Hall–Kier alpha value is -3.60. The molecule has 29 heavy (non-hydrogen) atoms. The van der Waals surface area contributed by atoms with Crippen molar-refractivity contribution in [3.8, 4) is 0 Å². The Morgan fingerprint density at radius 1 is 1.07 bits per heavy atom. The van der Waals surface area contributed by atoms with E-state index >= 15 is 0 Å². The van der Waals surface area contributed by atoms with Crippen LogP contribution in [-0.4, -0.2) is 50.0 Å². The maximum absolute atomic E-state index is 12.3. The maximum atomic E-state index is 12.3. The Morgan fingerprint density at radius 2 is 1.72 bits per heavy atom. The number of hydrazine groups is 1. The van der Waals surface area contributed by atoms with Crippen LogP contribution in [0.3, 0.4) is 0 Å². The van der Waals surface area contributed by atoms with Gasteiger partial charge in [-0.3, -0.25) is 10.2 Å². The van der Waals surface area contributed by atoms with Crippen molar-refractivity contribution in [3.05, 3.63) is 41.6 Å². The summed E-state index contributed by atoms with van der Waals surface area (Å²) in [6, 6.07) is 6.22. The summed E-state index contributed by atoms with van der Waals surface area (Å²) in [4.78, 5) is 47.7. The molecule has 1 fully saturated rings. The normalized spacial score (nSPS) is 14.9. The van der Waals surface area contributed by atoms with Crippen molar-refractivity contribution < 1.29 is 38.1 Å². The Bertz CT molecular complexity index is 812. The van der Waals surface area contributed by atoms with Crippen LogP contribution in [0.15, 0.2) is 36.0 Å². The number of amides is 2. The summed E-state index contributed by atoms with van der Waals surface area (Å²) in [6.07, 6.45) is 0.219. The molecule has 1 aromatic rings. The highest BCUT2D eigenvalue weighted by molar-refractivity contribution is 6.15. The van der Waals surface area contributed by atoms with E-state index < -0.39 is 29.7 Å². The molecule has 0 radical (unpaired) electrons. The molecule has 0 aliphatic carbocycles. The van der Waals surface area contributed by atoms with Crippen molar-refractivity contribution in [3.63, 3.8) is 0 Å². The van der Waals surface area contributed by atoms with Crippen molar-refractivity contribution in [2.75, 3.05) is 25.6 Å². The number of benzene rings is 1. The smallest absolute Gasteiger partial charge is 0.426 e. The van der Waals surface area contributed by atoms with Gasteiger partial charge in [0.25, 0.3) is 11.7 Å². The topological polar surface area (TPSA) is 141 Å². The number of cyclic esters (lactones) is 2. The first-order valence-electron chi connectivity index (χ1n) is 8.48. The van der Waals surface area contributed by atoms with Crippen LogP contribution >= 0.6 is 0 Å². The van der Waals surface area contributed by atoms with E-state index in [9.17, 15) is 19.2 Å². The first-order valence-corrected chi connectivity index (χ1v) is 8.48. The van der Waals surface area contributed by atoms with E-state index in [1.807, 2.05) is 0 Å². The van der Waals surface area contributed by atoms with Gasteiger partial charge in [-0.05, 0) is 12.1 Å². The lowest BCUT2D eigenvalue weighted by Crippen LogP contribution is -2.42. The van der Waals surface area contributed by atoms with Gasteiger partial charge >= 0.3 is 18.0 Å². The van der Waals surface area contributed by atoms with Crippen molar-refractivity contribution in [2.45, 2.75) is 19.6 Å². The van der Waals surface area contributed by atoms with E-state index in [-0.39, 0.29) is 30.0 Å². The van der Waals surface area contributed by atoms with Crippen LogP contribution in [0, 0.1) is 0 Å². The monoisotopic (exact) mass is 407 g/mol. The highest BCUT2D eigenvalue weighted by Crippen LogP contribution is 2.23. The Labute approximate surface area is 166 Å². The lowest BCUT2D eigenvalue weighted by molar-refractivity contribution is -0.222. The maximum Gasteiger partial charge on any atom is 0.426 e. The third kappa shape index (κ3) is 6.21. The average Bonchev–Trinajstić information content (AvgIpc) is 2.65. The second kappa shape index (κ2) is 9.55. The molecule has 0 spiro atoms. The van der Waals surface area contributed by atoms with Gasteiger partial charge in [-0.1, -0.05) is 12.1 Å². The molecule has 1 aromatic carbocycles.